The maximum Gasteiger partial charge on any atom is 0.397 e. The minimum Gasteiger partial charge on any atom is -0.394 e. The first-order chi connectivity index (χ1) is 6.85. The second kappa shape index (κ2) is 4.70. The van der Waals surface area contributed by atoms with Crippen LogP contribution < -0.4 is 0 Å². The van der Waals surface area contributed by atoms with Crippen molar-refractivity contribution in [1.29, 1.82) is 0 Å². The number of hydrogen-bond acceptors (Lipinski definition) is 7. The van der Waals surface area contributed by atoms with Crippen LogP contribution in [0, 0.1) is 0 Å². The molecule has 1 aliphatic heterocycles. The van der Waals surface area contributed by atoms with Gasteiger partial charge in [-0.25, -0.2) is 4.18 Å². The van der Waals surface area contributed by atoms with Crippen LogP contribution in [0.25, 0.3) is 0 Å². The van der Waals surface area contributed by atoms with Gasteiger partial charge in [0, 0.05) is 0 Å². The summed E-state index contributed by atoms with van der Waals surface area (Å²) in [5, 5.41) is 27.3. The average Bonchev–Trinajstić information content (AvgIpc) is 2.40. The zero-order valence-corrected chi connectivity index (χ0v) is 8.37. The molecule has 0 aromatic rings. The molecule has 9 heteroatoms. The van der Waals surface area contributed by atoms with Crippen molar-refractivity contribution in [2.45, 2.75) is 24.4 Å². The molecule has 4 atom stereocenters. The zero-order valence-electron chi connectivity index (χ0n) is 7.55. The van der Waals surface area contributed by atoms with Gasteiger partial charge in [0.1, 0.15) is 24.4 Å². The Bertz CT molecular complexity index is 300. The first-order valence-corrected chi connectivity index (χ1v) is 5.46. The molecule has 1 heterocycles. The lowest BCUT2D eigenvalue weighted by atomic mass is 10.1. The quantitative estimate of drug-likeness (QED) is 0.392. The molecule has 0 unspecified atom stereocenters. The molecular weight excluding hydrogens is 232 g/mol. The van der Waals surface area contributed by atoms with E-state index in [1.165, 1.54) is 0 Å². The molecule has 1 saturated heterocycles. The molecule has 0 aliphatic carbocycles. The Balaban J connectivity index is 2.51. The van der Waals surface area contributed by atoms with Crippen LogP contribution in [-0.2, 0) is 19.3 Å². The predicted octanol–water partition coefficient (Wildman–Crippen LogP) is -2.71. The van der Waals surface area contributed by atoms with Crippen molar-refractivity contribution >= 4 is 10.4 Å². The van der Waals surface area contributed by atoms with Gasteiger partial charge in [-0.15, -0.1) is 0 Å². The highest BCUT2D eigenvalue weighted by atomic mass is 32.3. The van der Waals surface area contributed by atoms with Crippen LogP contribution in [-0.4, -0.2) is 65.9 Å². The number of ether oxygens (including phenoxy) is 1. The van der Waals surface area contributed by atoms with Gasteiger partial charge < -0.3 is 20.1 Å². The summed E-state index contributed by atoms with van der Waals surface area (Å²) in [7, 11) is -4.61. The van der Waals surface area contributed by atoms with Gasteiger partial charge in [0.2, 0.25) is 0 Å². The highest BCUT2D eigenvalue weighted by Crippen LogP contribution is 2.21. The van der Waals surface area contributed by atoms with Gasteiger partial charge in [-0.1, -0.05) is 0 Å². The Morgan fingerprint density at radius 1 is 1.20 bits per heavy atom. The SMILES string of the molecule is O=S(=O)(O)OC[C@H]1O[C@H](CO)[C@@H](O)[C@@H]1O. The summed E-state index contributed by atoms with van der Waals surface area (Å²) in [5.41, 5.74) is 0. The van der Waals surface area contributed by atoms with E-state index in [1.54, 1.807) is 0 Å². The lowest BCUT2D eigenvalue weighted by Gasteiger charge is -2.12. The molecule has 0 radical (unpaired) electrons. The van der Waals surface area contributed by atoms with Crippen molar-refractivity contribution in [3.63, 3.8) is 0 Å². The second-order valence-electron chi connectivity index (χ2n) is 3.09. The molecule has 4 N–H and O–H groups in total. The molecule has 1 aliphatic rings. The summed E-state index contributed by atoms with van der Waals surface area (Å²) in [6, 6.07) is 0. The molecule has 8 nitrogen and oxygen atoms in total. The molecule has 0 spiro atoms. The van der Waals surface area contributed by atoms with Crippen LogP contribution in [0.1, 0.15) is 0 Å². The summed E-state index contributed by atoms with van der Waals surface area (Å²) < 4.78 is 37.5. The topological polar surface area (TPSA) is 134 Å². The number of aliphatic hydroxyl groups excluding tert-OH is 3. The zero-order chi connectivity index (χ0) is 11.6. The highest BCUT2D eigenvalue weighted by molar-refractivity contribution is 7.80. The number of hydrogen-bond donors (Lipinski definition) is 4. The second-order valence-corrected chi connectivity index (χ2v) is 4.18. The van der Waals surface area contributed by atoms with Crippen molar-refractivity contribution in [2.24, 2.45) is 0 Å². The fourth-order valence-electron chi connectivity index (χ4n) is 1.27. The largest absolute Gasteiger partial charge is 0.397 e. The highest BCUT2D eigenvalue weighted by Gasteiger charge is 2.42. The molecule has 0 aromatic heterocycles. The van der Waals surface area contributed by atoms with Gasteiger partial charge in [-0.2, -0.15) is 8.42 Å². The van der Waals surface area contributed by atoms with E-state index in [0.29, 0.717) is 0 Å². The third-order valence-electron chi connectivity index (χ3n) is 2.02. The van der Waals surface area contributed by atoms with E-state index in [4.69, 9.17) is 14.4 Å². The minimum absolute atomic E-state index is 0.513. The third-order valence-corrected chi connectivity index (χ3v) is 2.46. The van der Waals surface area contributed by atoms with Crippen molar-refractivity contribution in [3.8, 4) is 0 Å². The van der Waals surface area contributed by atoms with Gasteiger partial charge in [0.15, 0.2) is 0 Å². The van der Waals surface area contributed by atoms with E-state index in [9.17, 15) is 18.6 Å². The Morgan fingerprint density at radius 2 is 1.73 bits per heavy atom. The van der Waals surface area contributed by atoms with Crippen LogP contribution >= 0.6 is 0 Å². The van der Waals surface area contributed by atoms with E-state index in [1.807, 2.05) is 0 Å². The van der Waals surface area contributed by atoms with Gasteiger partial charge >= 0.3 is 10.4 Å². The fourth-order valence-corrected chi connectivity index (χ4v) is 1.57. The van der Waals surface area contributed by atoms with Crippen LogP contribution in [0.2, 0.25) is 0 Å². The Kier molecular flexibility index (Phi) is 4.00. The van der Waals surface area contributed by atoms with Crippen LogP contribution in [0.3, 0.4) is 0 Å². The fraction of sp³-hybridized carbons (Fsp3) is 1.00. The summed E-state index contributed by atoms with van der Waals surface area (Å²) in [6.07, 6.45) is -4.79. The predicted molar refractivity (Wildman–Crippen MR) is 45.3 cm³/mol. The first kappa shape index (κ1) is 12.8. The number of aliphatic hydroxyl groups is 3. The molecule has 90 valence electrons. The minimum atomic E-state index is -4.61. The normalized spacial score (nSPS) is 37.1. The monoisotopic (exact) mass is 244 g/mol. The van der Waals surface area contributed by atoms with Gasteiger partial charge in [-0.05, 0) is 0 Å². The smallest absolute Gasteiger partial charge is 0.394 e. The molecular formula is C6H12O8S. The van der Waals surface area contributed by atoms with E-state index in [2.05, 4.69) is 4.18 Å². The van der Waals surface area contributed by atoms with Gasteiger partial charge in [-0.3, -0.25) is 4.55 Å². The molecule has 0 amide bonds. The molecule has 1 rings (SSSR count). The Hall–Kier alpha value is -0.290. The average molecular weight is 244 g/mol. The lowest BCUT2D eigenvalue weighted by molar-refractivity contribution is -0.0358. The Labute approximate surface area is 86.0 Å². The molecule has 1 fully saturated rings. The van der Waals surface area contributed by atoms with Crippen molar-refractivity contribution in [2.75, 3.05) is 13.2 Å². The van der Waals surface area contributed by atoms with Crippen LogP contribution in [0.15, 0.2) is 0 Å². The van der Waals surface area contributed by atoms with Crippen LogP contribution in [0.4, 0.5) is 0 Å². The standard InChI is InChI=1S/C6H12O8S/c7-1-3-5(8)6(9)4(14-3)2-13-15(10,11)12/h3-9H,1-2H2,(H,10,11,12)/t3-,4-,5-,6-/m1/s1. The van der Waals surface area contributed by atoms with E-state index in [0.717, 1.165) is 0 Å². The molecule has 0 bridgehead atoms. The Morgan fingerprint density at radius 3 is 2.13 bits per heavy atom. The number of rotatable bonds is 4. The maximum absolute atomic E-state index is 10.2. The summed E-state index contributed by atoms with van der Waals surface area (Å²) >= 11 is 0. The lowest BCUT2D eigenvalue weighted by Crippen LogP contribution is -2.35. The molecule has 15 heavy (non-hydrogen) atoms. The summed E-state index contributed by atoms with van der Waals surface area (Å²) in [5.74, 6) is 0. The van der Waals surface area contributed by atoms with Gasteiger partial charge in [0.25, 0.3) is 0 Å². The van der Waals surface area contributed by atoms with E-state index >= 15 is 0 Å². The molecule has 0 saturated carbocycles. The molecule has 0 aromatic carbocycles. The van der Waals surface area contributed by atoms with Gasteiger partial charge in [0.05, 0.1) is 13.2 Å². The summed E-state index contributed by atoms with van der Waals surface area (Å²) in [6.45, 7) is -1.14. The maximum atomic E-state index is 10.2. The van der Waals surface area contributed by atoms with Crippen molar-refractivity contribution in [3.05, 3.63) is 0 Å². The first-order valence-electron chi connectivity index (χ1n) is 4.09. The summed E-state index contributed by atoms with van der Waals surface area (Å²) in [4.78, 5) is 0. The van der Waals surface area contributed by atoms with Crippen molar-refractivity contribution in [1.82, 2.24) is 0 Å². The third kappa shape index (κ3) is 3.34. The van der Waals surface area contributed by atoms with Crippen molar-refractivity contribution < 1.29 is 37.2 Å². The van der Waals surface area contributed by atoms with Crippen LogP contribution in [0.5, 0.6) is 0 Å². The van der Waals surface area contributed by atoms with E-state index < -0.39 is 48.0 Å². The van der Waals surface area contributed by atoms with E-state index in [-0.39, 0.29) is 0 Å².